The molecule has 0 aliphatic heterocycles. The minimum Gasteiger partial charge on any atom is -0.497 e. The average Bonchev–Trinajstić information content (AvgIpc) is 2.67. The van der Waals surface area contributed by atoms with Crippen molar-refractivity contribution in [3.63, 3.8) is 0 Å². The summed E-state index contributed by atoms with van der Waals surface area (Å²) in [7, 11) is 1.64. The highest BCUT2D eigenvalue weighted by atomic mass is 16.5. The number of hydrogen-bond donors (Lipinski definition) is 2. The summed E-state index contributed by atoms with van der Waals surface area (Å²) < 4.78 is 5.14. The van der Waals surface area contributed by atoms with Gasteiger partial charge in [0.2, 0.25) is 5.91 Å². The molecular weight excluding hydrogens is 324 g/mol. The van der Waals surface area contributed by atoms with E-state index in [0.717, 1.165) is 17.7 Å². The summed E-state index contributed by atoms with van der Waals surface area (Å²) >= 11 is 0. The number of rotatable bonds is 9. The van der Waals surface area contributed by atoms with Gasteiger partial charge in [-0.25, -0.2) is 0 Å². The third-order valence-corrected chi connectivity index (χ3v) is 4.55. The zero-order chi connectivity index (χ0) is 18.9. The Balaban J connectivity index is 1.86. The number of methoxy groups -OCH3 is 1. The van der Waals surface area contributed by atoms with Gasteiger partial charge in [-0.2, -0.15) is 0 Å². The monoisotopic (exact) mass is 354 g/mol. The van der Waals surface area contributed by atoms with Crippen molar-refractivity contribution in [3.8, 4) is 5.75 Å². The first-order valence-corrected chi connectivity index (χ1v) is 9.25. The molecule has 1 atom stereocenters. The Morgan fingerprint density at radius 1 is 1.00 bits per heavy atom. The summed E-state index contributed by atoms with van der Waals surface area (Å²) in [5.41, 5.74) is 3.60. The maximum atomic E-state index is 12.2. The van der Waals surface area contributed by atoms with Crippen LogP contribution in [-0.2, 0) is 17.8 Å². The summed E-state index contributed by atoms with van der Waals surface area (Å²) in [5, 5.41) is 6.35. The lowest BCUT2D eigenvalue weighted by Crippen LogP contribution is -2.37. The van der Waals surface area contributed by atoms with Crippen molar-refractivity contribution in [2.75, 3.05) is 13.7 Å². The van der Waals surface area contributed by atoms with Gasteiger partial charge in [-0.3, -0.25) is 4.79 Å². The van der Waals surface area contributed by atoms with E-state index in [4.69, 9.17) is 4.74 Å². The normalized spacial score (nSPS) is 12.0. The smallest absolute Gasteiger partial charge is 0.234 e. The molecule has 0 bridgehead atoms. The van der Waals surface area contributed by atoms with Crippen molar-refractivity contribution in [1.82, 2.24) is 10.6 Å². The van der Waals surface area contributed by atoms with Gasteiger partial charge in [0.05, 0.1) is 13.7 Å². The highest BCUT2D eigenvalue weighted by molar-refractivity contribution is 5.78. The molecule has 1 amide bonds. The molecule has 2 N–H and O–H groups in total. The third kappa shape index (κ3) is 5.88. The van der Waals surface area contributed by atoms with Crippen LogP contribution in [0.1, 0.15) is 43.5 Å². The van der Waals surface area contributed by atoms with E-state index in [0.29, 0.717) is 19.0 Å². The molecule has 2 rings (SSSR count). The molecule has 2 aromatic rings. The van der Waals surface area contributed by atoms with Gasteiger partial charge in [-0.15, -0.1) is 0 Å². The van der Waals surface area contributed by atoms with E-state index in [9.17, 15) is 4.79 Å². The molecule has 0 aliphatic rings. The van der Waals surface area contributed by atoms with Crippen LogP contribution < -0.4 is 15.4 Å². The Bertz CT molecular complexity index is 678. The molecule has 0 spiro atoms. The summed E-state index contributed by atoms with van der Waals surface area (Å²) in [6.07, 6.45) is 1.04. The van der Waals surface area contributed by atoms with Crippen LogP contribution in [0, 0.1) is 5.92 Å². The van der Waals surface area contributed by atoms with Crippen LogP contribution in [0.15, 0.2) is 48.5 Å². The maximum Gasteiger partial charge on any atom is 0.234 e. The van der Waals surface area contributed by atoms with Gasteiger partial charge in [0.15, 0.2) is 0 Å². The average molecular weight is 354 g/mol. The number of ether oxygens (including phenoxy) is 1. The number of aryl methyl sites for hydroxylation is 1. The molecule has 0 saturated heterocycles. The quantitative estimate of drug-likeness (QED) is 0.719. The van der Waals surface area contributed by atoms with Crippen LogP contribution in [0.2, 0.25) is 0 Å². The molecule has 140 valence electrons. The fourth-order valence-electron chi connectivity index (χ4n) is 2.91. The molecule has 0 unspecified atom stereocenters. The fourth-order valence-corrected chi connectivity index (χ4v) is 2.91. The first kappa shape index (κ1) is 20.0. The molecule has 4 heteroatoms. The fraction of sp³-hybridized carbons (Fsp3) is 0.409. The lowest BCUT2D eigenvalue weighted by molar-refractivity contribution is -0.120. The molecule has 0 heterocycles. The number of nitrogens with one attached hydrogen (secondary N) is 2. The SMILES string of the molecule is CCc1ccc([C@@H](NCC(=O)NCc2ccc(OC)cc2)C(C)C)cc1. The van der Waals surface area contributed by atoms with Crippen LogP contribution in [0.5, 0.6) is 5.75 Å². The zero-order valence-corrected chi connectivity index (χ0v) is 16.2. The van der Waals surface area contributed by atoms with Crippen molar-refractivity contribution in [3.05, 3.63) is 65.2 Å². The van der Waals surface area contributed by atoms with Crippen molar-refractivity contribution < 1.29 is 9.53 Å². The van der Waals surface area contributed by atoms with Crippen LogP contribution in [0.3, 0.4) is 0 Å². The van der Waals surface area contributed by atoms with E-state index in [-0.39, 0.29) is 11.9 Å². The number of amides is 1. The Morgan fingerprint density at radius 2 is 1.62 bits per heavy atom. The van der Waals surface area contributed by atoms with Gasteiger partial charge in [0, 0.05) is 12.6 Å². The van der Waals surface area contributed by atoms with Crippen molar-refractivity contribution >= 4 is 5.91 Å². The Morgan fingerprint density at radius 3 is 2.15 bits per heavy atom. The van der Waals surface area contributed by atoms with Crippen LogP contribution >= 0.6 is 0 Å². The van der Waals surface area contributed by atoms with Crippen molar-refractivity contribution in [2.24, 2.45) is 5.92 Å². The first-order chi connectivity index (χ1) is 12.5. The van der Waals surface area contributed by atoms with Crippen LogP contribution in [0.25, 0.3) is 0 Å². The third-order valence-electron chi connectivity index (χ3n) is 4.55. The summed E-state index contributed by atoms with van der Waals surface area (Å²) in [6.45, 7) is 7.30. The minimum atomic E-state index is -0.00311. The summed E-state index contributed by atoms with van der Waals surface area (Å²) in [6, 6.07) is 16.5. The van der Waals surface area contributed by atoms with E-state index in [2.05, 4.69) is 55.7 Å². The van der Waals surface area contributed by atoms with Gasteiger partial charge in [-0.1, -0.05) is 57.2 Å². The van der Waals surface area contributed by atoms with E-state index in [1.807, 2.05) is 24.3 Å². The molecule has 0 fully saturated rings. The summed E-state index contributed by atoms with van der Waals surface area (Å²) in [5.74, 6) is 1.21. The largest absolute Gasteiger partial charge is 0.497 e. The van der Waals surface area contributed by atoms with Gasteiger partial charge < -0.3 is 15.4 Å². The lowest BCUT2D eigenvalue weighted by Gasteiger charge is -2.23. The Kier molecular flexibility index (Phi) is 7.67. The number of carbonyl (C=O) groups is 1. The number of benzene rings is 2. The maximum absolute atomic E-state index is 12.2. The topological polar surface area (TPSA) is 50.4 Å². The van der Waals surface area contributed by atoms with E-state index in [1.54, 1.807) is 7.11 Å². The van der Waals surface area contributed by atoms with Gasteiger partial charge >= 0.3 is 0 Å². The van der Waals surface area contributed by atoms with Crippen molar-refractivity contribution in [1.29, 1.82) is 0 Å². The highest BCUT2D eigenvalue weighted by Crippen LogP contribution is 2.22. The summed E-state index contributed by atoms with van der Waals surface area (Å²) in [4.78, 5) is 12.2. The zero-order valence-electron chi connectivity index (χ0n) is 16.2. The molecule has 0 aliphatic carbocycles. The predicted molar refractivity (Wildman–Crippen MR) is 106 cm³/mol. The number of hydrogen-bond acceptors (Lipinski definition) is 3. The Labute approximate surface area is 157 Å². The number of carbonyl (C=O) groups excluding carboxylic acids is 1. The van der Waals surface area contributed by atoms with Gasteiger partial charge in [0.1, 0.15) is 5.75 Å². The second-order valence-corrected chi connectivity index (χ2v) is 6.82. The molecule has 0 aromatic heterocycles. The van der Waals surface area contributed by atoms with Crippen LogP contribution in [0.4, 0.5) is 0 Å². The standard InChI is InChI=1S/C22H30N2O2/c1-5-17-6-10-19(11-7-17)22(16(2)3)24-15-21(25)23-14-18-8-12-20(26-4)13-9-18/h6-13,16,22,24H,5,14-15H2,1-4H3,(H,23,25)/t22-/m0/s1. The van der Waals surface area contributed by atoms with E-state index >= 15 is 0 Å². The van der Waals surface area contributed by atoms with Gasteiger partial charge in [0.25, 0.3) is 0 Å². The van der Waals surface area contributed by atoms with E-state index < -0.39 is 0 Å². The van der Waals surface area contributed by atoms with Crippen LogP contribution in [-0.4, -0.2) is 19.6 Å². The molecule has 26 heavy (non-hydrogen) atoms. The van der Waals surface area contributed by atoms with Crippen molar-refractivity contribution in [2.45, 2.75) is 39.8 Å². The minimum absolute atomic E-state index is 0.00311. The molecular formula is C22H30N2O2. The second-order valence-electron chi connectivity index (χ2n) is 6.82. The first-order valence-electron chi connectivity index (χ1n) is 9.25. The van der Waals surface area contributed by atoms with E-state index in [1.165, 1.54) is 11.1 Å². The predicted octanol–water partition coefficient (Wildman–Crippen LogP) is 3.86. The highest BCUT2D eigenvalue weighted by Gasteiger charge is 2.16. The van der Waals surface area contributed by atoms with Gasteiger partial charge in [-0.05, 0) is 41.2 Å². The molecule has 0 saturated carbocycles. The molecule has 2 aromatic carbocycles. The molecule has 4 nitrogen and oxygen atoms in total. The molecule has 0 radical (unpaired) electrons. The lowest BCUT2D eigenvalue weighted by atomic mass is 9.95. The second kappa shape index (κ2) is 9.97. The Hall–Kier alpha value is -2.33.